The summed E-state index contributed by atoms with van der Waals surface area (Å²) in [6.45, 7) is 3.42. The number of halogens is 3. The summed E-state index contributed by atoms with van der Waals surface area (Å²) in [5.74, 6) is -0.714. The van der Waals surface area contributed by atoms with Gasteiger partial charge in [-0.1, -0.05) is 42.0 Å². The standard InChI is InChI=1S/C24H29F3N4O3/c1-15-10-17(12-19(11-15)24(25,26)27)16(2)34-14-23(18-6-4-3-5-7-18)9-8-22(13-30-23,20(28)32)31-21(29)33/h3-7,10-12,16,30H,8-9,13-14H2,1-2H3,(H2,28,32)(H3,29,31,33)/t16-,22+,23-/m1/s1. The van der Waals surface area contributed by atoms with Gasteiger partial charge in [-0.25, -0.2) is 4.79 Å². The van der Waals surface area contributed by atoms with Gasteiger partial charge in [0.2, 0.25) is 5.91 Å². The second-order valence-corrected chi connectivity index (χ2v) is 8.82. The molecule has 1 heterocycles. The lowest BCUT2D eigenvalue weighted by molar-refractivity contribution is -0.137. The minimum absolute atomic E-state index is 0.0145. The predicted octanol–water partition coefficient (Wildman–Crippen LogP) is 3.26. The first-order chi connectivity index (χ1) is 15.9. The molecule has 0 aliphatic carbocycles. The van der Waals surface area contributed by atoms with Gasteiger partial charge in [0.1, 0.15) is 5.54 Å². The van der Waals surface area contributed by atoms with Crippen molar-refractivity contribution < 1.29 is 27.5 Å². The third kappa shape index (κ3) is 5.51. The van der Waals surface area contributed by atoms with Gasteiger partial charge in [0.05, 0.1) is 23.8 Å². The molecule has 7 nitrogen and oxygen atoms in total. The number of hydrogen-bond acceptors (Lipinski definition) is 4. The van der Waals surface area contributed by atoms with E-state index in [0.29, 0.717) is 17.5 Å². The molecule has 1 aliphatic rings. The molecule has 6 N–H and O–H groups in total. The van der Waals surface area contributed by atoms with Crippen LogP contribution < -0.4 is 22.1 Å². The van der Waals surface area contributed by atoms with Gasteiger partial charge in [-0.15, -0.1) is 0 Å². The number of hydrogen-bond donors (Lipinski definition) is 4. The van der Waals surface area contributed by atoms with Crippen LogP contribution in [0, 0.1) is 6.92 Å². The third-order valence-corrected chi connectivity index (χ3v) is 6.34. The van der Waals surface area contributed by atoms with Crippen LogP contribution in [0.25, 0.3) is 0 Å². The van der Waals surface area contributed by atoms with Gasteiger partial charge in [0.15, 0.2) is 0 Å². The SMILES string of the molecule is Cc1cc([C@@H](C)OC[C@@]2(c3ccccc3)CC[C@@](NC(N)=O)(C(N)=O)CN2)cc(C(F)(F)F)c1. The molecule has 34 heavy (non-hydrogen) atoms. The number of amides is 3. The zero-order valence-electron chi connectivity index (χ0n) is 19.0. The Morgan fingerprint density at radius 2 is 1.82 bits per heavy atom. The minimum atomic E-state index is -4.46. The second kappa shape index (κ2) is 9.63. The van der Waals surface area contributed by atoms with E-state index in [1.54, 1.807) is 19.9 Å². The highest BCUT2D eigenvalue weighted by Crippen LogP contribution is 2.37. The summed E-state index contributed by atoms with van der Waals surface area (Å²) < 4.78 is 45.9. The van der Waals surface area contributed by atoms with Crippen LogP contribution in [0.2, 0.25) is 0 Å². The van der Waals surface area contributed by atoms with Crippen LogP contribution >= 0.6 is 0 Å². The van der Waals surface area contributed by atoms with Crippen LogP contribution in [0.4, 0.5) is 18.0 Å². The molecule has 3 amide bonds. The van der Waals surface area contributed by atoms with Crippen LogP contribution in [0.3, 0.4) is 0 Å². The van der Waals surface area contributed by atoms with Crippen molar-refractivity contribution in [1.29, 1.82) is 0 Å². The van der Waals surface area contributed by atoms with Crippen molar-refractivity contribution in [2.75, 3.05) is 13.2 Å². The topological polar surface area (TPSA) is 119 Å². The van der Waals surface area contributed by atoms with Crippen LogP contribution in [0.5, 0.6) is 0 Å². The number of urea groups is 1. The fraction of sp³-hybridized carbons (Fsp3) is 0.417. The number of carbonyl (C=O) groups excluding carboxylic acids is 2. The highest BCUT2D eigenvalue weighted by molar-refractivity contribution is 5.90. The molecule has 0 bridgehead atoms. The van der Waals surface area contributed by atoms with Crippen molar-refractivity contribution in [2.24, 2.45) is 11.5 Å². The molecule has 0 saturated carbocycles. The first kappa shape index (κ1) is 25.5. The molecule has 2 aromatic rings. The predicted molar refractivity (Wildman–Crippen MR) is 121 cm³/mol. The maximum atomic E-state index is 13.3. The van der Waals surface area contributed by atoms with E-state index in [9.17, 15) is 22.8 Å². The maximum Gasteiger partial charge on any atom is 0.416 e. The number of benzene rings is 2. The summed E-state index contributed by atoms with van der Waals surface area (Å²) in [4.78, 5) is 23.6. The Kier molecular flexibility index (Phi) is 7.23. The monoisotopic (exact) mass is 478 g/mol. The lowest BCUT2D eigenvalue weighted by Gasteiger charge is -2.46. The molecule has 184 valence electrons. The van der Waals surface area contributed by atoms with E-state index in [2.05, 4.69) is 10.6 Å². The Balaban J connectivity index is 1.85. The summed E-state index contributed by atoms with van der Waals surface area (Å²) in [6.07, 6.45) is -4.53. The van der Waals surface area contributed by atoms with Crippen molar-refractivity contribution >= 4 is 11.9 Å². The normalized spacial score (nSPS) is 23.8. The number of nitrogens with one attached hydrogen (secondary N) is 2. The zero-order valence-corrected chi connectivity index (χ0v) is 19.0. The van der Waals surface area contributed by atoms with Crippen molar-refractivity contribution in [3.8, 4) is 0 Å². The fourth-order valence-corrected chi connectivity index (χ4v) is 4.32. The Morgan fingerprint density at radius 3 is 2.35 bits per heavy atom. The zero-order chi connectivity index (χ0) is 25.1. The van der Waals surface area contributed by atoms with Gasteiger partial charge in [-0.05, 0) is 49.9 Å². The van der Waals surface area contributed by atoms with Crippen LogP contribution in [0.1, 0.15) is 48.1 Å². The minimum Gasteiger partial charge on any atom is -0.372 e. The summed E-state index contributed by atoms with van der Waals surface area (Å²) >= 11 is 0. The molecular weight excluding hydrogens is 449 g/mol. The molecule has 1 fully saturated rings. The molecule has 0 radical (unpaired) electrons. The quantitative estimate of drug-likeness (QED) is 0.488. The first-order valence-corrected chi connectivity index (χ1v) is 10.9. The van der Waals surface area contributed by atoms with Crippen molar-refractivity contribution in [2.45, 2.75) is 50.0 Å². The van der Waals surface area contributed by atoms with E-state index in [4.69, 9.17) is 16.2 Å². The number of rotatable bonds is 7. The van der Waals surface area contributed by atoms with E-state index in [-0.39, 0.29) is 19.6 Å². The molecule has 1 aliphatic heterocycles. The number of nitrogens with two attached hydrogens (primary N) is 2. The number of aryl methyl sites for hydroxylation is 1. The van der Waals surface area contributed by atoms with E-state index in [1.165, 1.54) is 0 Å². The van der Waals surface area contributed by atoms with E-state index >= 15 is 0 Å². The summed E-state index contributed by atoms with van der Waals surface area (Å²) in [7, 11) is 0. The molecular formula is C24H29F3N4O3. The highest BCUT2D eigenvalue weighted by atomic mass is 19.4. The average Bonchev–Trinajstić information content (AvgIpc) is 2.77. The molecule has 0 aromatic heterocycles. The van der Waals surface area contributed by atoms with Crippen molar-refractivity contribution in [3.05, 3.63) is 70.8 Å². The largest absolute Gasteiger partial charge is 0.416 e. The number of primary amides is 2. The molecule has 1 saturated heterocycles. The number of piperidine rings is 1. The highest BCUT2D eigenvalue weighted by Gasteiger charge is 2.48. The van der Waals surface area contributed by atoms with E-state index in [1.807, 2.05) is 30.3 Å². The summed E-state index contributed by atoms with van der Waals surface area (Å²) in [5.41, 5.74) is 9.75. The molecule has 2 aromatic carbocycles. The second-order valence-electron chi connectivity index (χ2n) is 8.82. The van der Waals surface area contributed by atoms with Gasteiger partial charge in [0, 0.05) is 6.54 Å². The summed E-state index contributed by atoms with van der Waals surface area (Å²) in [6, 6.07) is 12.4. The molecule has 3 atom stereocenters. The van der Waals surface area contributed by atoms with Gasteiger partial charge in [0.25, 0.3) is 0 Å². The Morgan fingerprint density at radius 1 is 1.15 bits per heavy atom. The average molecular weight is 479 g/mol. The molecule has 3 rings (SSSR count). The Labute approximate surface area is 196 Å². The van der Waals surface area contributed by atoms with Crippen LogP contribution in [-0.4, -0.2) is 30.6 Å². The first-order valence-electron chi connectivity index (χ1n) is 10.9. The van der Waals surface area contributed by atoms with Crippen LogP contribution in [-0.2, 0) is 21.2 Å². The number of carbonyl (C=O) groups is 2. The van der Waals surface area contributed by atoms with Crippen molar-refractivity contribution in [3.63, 3.8) is 0 Å². The van der Waals surface area contributed by atoms with Crippen molar-refractivity contribution in [1.82, 2.24) is 10.6 Å². The third-order valence-electron chi connectivity index (χ3n) is 6.34. The molecule has 10 heteroatoms. The Bertz CT molecular complexity index is 1040. The van der Waals surface area contributed by atoms with E-state index in [0.717, 1.165) is 17.7 Å². The lowest BCUT2D eigenvalue weighted by atomic mass is 9.76. The smallest absolute Gasteiger partial charge is 0.372 e. The summed E-state index contributed by atoms with van der Waals surface area (Å²) in [5, 5.41) is 5.76. The van der Waals surface area contributed by atoms with Gasteiger partial charge < -0.3 is 26.8 Å². The van der Waals surface area contributed by atoms with Crippen LogP contribution in [0.15, 0.2) is 48.5 Å². The fourth-order valence-electron chi connectivity index (χ4n) is 4.32. The number of alkyl halides is 3. The van der Waals surface area contributed by atoms with Gasteiger partial charge >= 0.3 is 12.2 Å². The lowest BCUT2D eigenvalue weighted by Crippen LogP contribution is -2.69. The molecule has 0 unspecified atom stereocenters. The molecule has 0 spiro atoms. The van der Waals surface area contributed by atoms with E-state index < -0.39 is 40.9 Å². The number of ether oxygens (including phenoxy) is 1. The maximum absolute atomic E-state index is 13.3. The van der Waals surface area contributed by atoms with Gasteiger partial charge in [-0.3, -0.25) is 4.79 Å². The van der Waals surface area contributed by atoms with Gasteiger partial charge in [-0.2, -0.15) is 13.2 Å². The Hall–Kier alpha value is -3.11.